The first kappa shape index (κ1) is 18.0. The molecule has 1 aliphatic heterocycles. The molecule has 0 N–H and O–H groups in total. The van der Waals surface area contributed by atoms with Crippen molar-refractivity contribution in [1.29, 1.82) is 0 Å². The number of hydrogen-bond donors (Lipinski definition) is 0. The van der Waals surface area contributed by atoms with Crippen molar-refractivity contribution in [2.75, 3.05) is 13.1 Å². The van der Waals surface area contributed by atoms with Gasteiger partial charge in [0.2, 0.25) is 5.91 Å². The number of hydrogen-bond acceptors (Lipinski definition) is 4. The van der Waals surface area contributed by atoms with Gasteiger partial charge in [-0.25, -0.2) is 4.39 Å². The maximum atomic E-state index is 13.0. The highest BCUT2D eigenvalue weighted by molar-refractivity contribution is 7.10. The maximum absolute atomic E-state index is 13.0. The van der Waals surface area contributed by atoms with E-state index in [0.29, 0.717) is 37.9 Å². The lowest BCUT2D eigenvalue weighted by molar-refractivity contribution is -0.133. The Kier molecular flexibility index (Phi) is 4.91. The van der Waals surface area contributed by atoms with E-state index < -0.39 is 0 Å². The number of fused-ring (bicyclic) bond motifs is 1. The van der Waals surface area contributed by atoms with E-state index in [1.807, 2.05) is 11.4 Å². The van der Waals surface area contributed by atoms with Crippen LogP contribution in [-0.2, 0) is 11.2 Å². The van der Waals surface area contributed by atoms with Crippen LogP contribution in [0.2, 0.25) is 0 Å². The summed E-state index contributed by atoms with van der Waals surface area (Å²) in [4.78, 5) is 40.4. The van der Waals surface area contributed by atoms with Crippen molar-refractivity contribution >= 4 is 28.8 Å². The van der Waals surface area contributed by atoms with Crippen LogP contribution in [0.5, 0.6) is 0 Å². The predicted octanol–water partition coefficient (Wildman–Crippen LogP) is 3.75. The monoisotopic (exact) mass is 385 g/mol. The lowest BCUT2D eigenvalue weighted by atomic mass is 9.88. The van der Waals surface area contributed by atoms with Gasteiger partial charge in [-0.05, 0) is 55.0 Å². The molecule has 0 saturated carbocycles. The lowest BCUT2D eigenvalue weighted by Gasteiger charge is -2.32. The summed E-state index contributed by atoms with van der Waals surface area (Å²) in [7, 11) is 0. The number of piperidine rings is 1. The van der Waals surface area contributed by atoms with Gasteiger partial charge in [0.25, 0.3) is 0 Å². The average Bonchev–Trinajstić information content (AvgIpc) is 3.25. The molecule has 4 rings (SSSR count). The van der Waals surface area contributed by atoms with E-state index in [9.17, 15) is 18.8 Å². The second kappa shape index (κ2) is 7.35. The smallest absolute Gasteiger partial charge is 0.223 e. The minimum absolute atomic E-state index is 0.00353. The minimum atomic E-state index is -0.359. The number of amides is 1. The molecule has 1 fully saturated rings. The van der Waals surface area contributed by atoms with Crippen LogP contribution in [0.4, 0.5) is 4.39 Å². The molecule has 0 radical (unpaired) electrons. The summed E-state index contributed by atoms with van der Waals surface area (Å²) in [5, 5.41) is 1.92. The van der Waals surface area contributed by atoms with Gasteiger partial charge in [-0.2, -0.15) is 0 Å². The van der Waals surface area contributed by atoms with Crippen LogP contribution in [0, 0.1) is 17.7 Å². The highest BCUT2D eigenvalue weighted by Crippen LogP contribution is 2.33. The fraction of sp³-hybridized carbons (Fsp3) is 0.381. The zero-order valence-corrected chi connectivity index (χ0v) is 15.6. The molecule has 140 valence electrons. The number of ketones is 2. The summed E-state index contributed by atoms with van der Waals surface area (Å²) in [6.45, 7) is 1.05. The van der Waals surface area contributed by atoms with E-state index in [4.69, 9.17) is 0 Å². The lowest BCUT2D eigenvalue weighted by Crippen LogP contribution is -2.41. The van der Waals surface area contributed by atoms with E-state index in [1.165, 1.54) is 24.3 Å². The first-order chi connectivity index (χ1) is 13.0. The van der Waals surface area contributed by atoms with Gasteiger partial charge in [-0.15, -0.1) is 11.3 Å². The number of nitrogens with zero attached hydrogens (tertiary/aromatic N) is 1. The zero-order valence-electron chi connectivity index (χ0n) is 14.8. The van der Waals surface area contributed by atoms with Gasteiger partial charge in [0, 0.05) is 47.4 Å². The molecule has 1 aromatic carbocycles. The number of carbonyl (C=O) groups excluding carboxylic acids is 3. The van der Waals surface area contributed by atoms with Crippen LogP contribution >= 0.6 is 11.3 Å². The molecule has 1 aliphatic carbocycles. The van der Waals surface area contributed by atoms with E-state index >= 15 is 0 Å². The maximum Gasteiger partial charge on any atom is 0.223 e. The van der Waals surface area contributed by atoms with Crippen molar-refractivity contribution in [3.63, 3.8) is 0 Å². The predicted molar refractivity (Wildman–Crippen MR) is 100 cm³/mol. The normalized spacial score (nSPS) is 20.0. The van der Waals surface area contributed by atoms with Crippen molar-refractivity contribution in [3.8, 4) is 0 Å². The molecule has 27 heavy (non-hydrogen) atoms. The summed E-state index contributed by atoms with van der Waals surface area (Å²) >= 11 is 1.58. The molecule has 2 aromatic rings. The Labute approximate surface area is 161 Å². The third-order valence-corrected chi connectivity index (χ3v) is 6.52. The molecule has 4 nitrogen and oxygen atoms in total. The van der Waals surface area contributed by atoms with Gasteiger partial charge < -0.3 is 4.90 Å². The average molecular weight is 385 g/mol. The summed E-state index contributed by atoms with van der Waals surface area (Å²) in [6, 6.07) is 7.46. The van der Waals surface area contributed by atoms with E-state index in [2.05, 4.69) is 0 Å². The molecule has 1 amide bonds. The zero-order chi connectivity index (χ0) is 19.0. The third-order valence-electron chi connectivity index (χ3n) is 5.58. The van der Waals surface area contributed by atoms with Crippen LogP contribution in [0.15, 0.2) is 35.7 Å². The van der Waals surface area contributed by atoms with Crippen LogP contribution < -0.4 is 0 Å². The van der Waals surface area contributed by atoms with Crippen molar-refractivity contribution in [3.05, 3.63) is 57.5 Å². The third kappa shape index (κ3) is 3.58. The van der Waals surface area contributed by atoms with E-state index in [-0.39, 0.29) is 41.5 Å². The Morgan fingerprint density at radius 1 is 1.11 bits per heavy atom. The number of thiophene rings is 1. The Hall–Kier alpha value is -2.34. The van der Waals surface area contributed by atoms with Gasteiger partial charge in [-0.1, -0.05) is 0 Å². The van der Waals surface area contributed by atoms with Crippen LogP contribution in [0.1, 0.15) is 44.9 Å². The largest absolute Gasteiger partial charge is 0.343 e. The second-order valence-corrected chi connectivity index (χ2v) is 8.25. The number of Topliss-reactive ketones (excluding diaryl/α,β-unsaturated/α-hetero) is 2. The van der Waals surface area contributed by atoms with Gasteiger partial charge in [0.1, 0.15) is 5.82 Å². The van der Waals surface area contributed by atoms with E-state index in [0.717, 1.165) is 10.4 Å². The number of rotatable bonds is 4. The van der Waals surface area contributed by atoms with Crippen LogP contribution in [0.3, 0.4) is 0 Å². The highest BCUT2D eigenvalue weighted by Gasteiger charge is 2.35. The fourth-order valence-corrected chi connectivity index (χ4v) is 4.96. The van der Waals surface area contributed by atoms with Crippen molar-refractivity contribution in [1.82, 2.24) is 4.90 Å². The van der Waals surface area contributed by atoms with Crippen LogP contribution in [-0.4, -0.2) is 35.5 Å². The Balaban J connectivity index is 1.31. The molecule has 1 saturated heterocycles. The first-order valence-electron chi connectivity index (χ1n) is 9.21. The molecule has 1 unspecified atom stereocenters. The van der Waals surface area contributed by atoms with Crippen LogP contribution in [0.25, 0.3) is 0 Å². The van der Waals surface area contributed by atoms with Crippen molar-refractivity contribution in [2.24, 2.45) is 11.8 Å². The minimum Gasteiger partial charge on any atom is -0.343 e. The first-order valence-corrected chi connectivity index (χ1v) is 10.1. The highest BCUT2D eigenvalue weighted by atomic mass is 32.1. The standard InChI is InChI=1S/C21H20FNO3S/c22-16-3-1-13(2-4-16)20(25)14-5-8-23(9-6-14)19(24)12-15-11-18-17(21(15)26)7-10-27-18/h1-4,7,10,14-15H,5-6,8-9,11-12H2. The Morgan fingerprint density at radius 3 is 2.48 bits per heavy atom. The quantitative estimate of drug-likeness (QED) is 0.753. The molecule has 1 aromatic heterocycles. The SMILES string of the molecule is O=C(c1ccc(F)cc1)C1CCN(C(=O)CC2Cc3sccc3C2=O)CC1. The molecule has 0 bridgehead atoms. The Bertz CT molecular complexity index is 881. The van der Waals surface area contributed by atoms with Gasteiger partial charge in [0.15, 0.2) is 11.6 Å². The van der Waals surface area contributed by atoms with Crippen molar-refractivity contribution in [2.45, 2.75) is 25.7 Å². The van der Waals surface area contributed by atoms with E-state index in [1.54, 1.807) is 16.2 Å². The molecule has 6 heteroatoms. The van der Waals surface area contributed by atoms with Crippen molar-refractivity contribution < 1.29 is 18.8 Å². The fourth-order valence-electron chi connectivity index (χ4n) is 4.00. The summed E-state index contributed by atoms with van der Waals surface area (Å²) in [5.41, 5.74) is 1.30. The second-order valence-electron chi connectivity index (χ2n) is 7.25. The van der Waals surface area contributed by atoms with Gasteiger partial charge in [-0.3, -0.25) is 14.4 Å². The molecule has 1 atom stereocenters. The number of benzene rings is 1. The topological polar surface area (TPSA) is 54.5 Å². The molecule has 2 heterocycles. The molecule has 0 spiro atoms. The van der Waals surface area contributed by atoms with Gasteiger partial charge in [0.05, 0.1) is 0 Å². The number of carbonyl (C=O) groups is 3. The summed E-state index contributed by atoms with van der Waals surface area (Å²) < 4.78 is 13.0. The number of halogens is 1. The Morgan fingerprint density at radius 2 is 1.81 bits per heavy atom. The summed E-state index contributed by atoms with van der Waals surface area (Å²) in [6.07, 6.45) is 2.12. The summed E-state index contributed by atoms with van der Waals surface area (Å²) in [5.74, 6) is -0.643. The molecule has 2 aliphatic rings. The van der Waals surface area contributed by atoms with Gasteiger partial charge >= 0.3 is 0 Å². The molecular formula is C21H20FNO3S. The molecular weight excluding hydrogens is 365 g/mol. The number of likely N-dealkylation sites (tertiary alicyclic amines) is 1.